The van der Waals surface area contributed by atoms with Gasteiger partial charge in [0.05, 0.1) is 13.2 Å². The molecular formula is C15H22O2S. The normalized spacial score (nSPS) is 18.9. The van der Waals surface area contributed by atoms with Gasteiger partial charge in [0.25, 0.3) is 0 Å². The molecule has 1 aromatic rings. The molecule has 100 valence electrons. The fraction of sp³-hybridized carbons (Fsp3) is 0.600. The third kappa shape index (κ3) is 2.90. The third-order valence-electron chi connectivity index (χ3n) is 3.83. The summed E-state index contributed by atoms with van der Waals surface area (Å²) in [6.45, 7) is 2.28. The molecule has 0 saturated heterocycles. The van der Waals surface area contributed by atoms with E-state index in [9.17, 15) is 10.2 Å². The molecule has 0 radical (unpaired) electrons. The molecule has 0 aromatic heterocycles. The molecule has 0 amide bonds. The van der Waals surface area contributed by atoms with Gasteiger partial charge in [-0.05, 0) is 30.9 Å². The van der Waals surface area contributed by atoms with Crippen molar-refractivity contribution in [3.63, 3.8) is 0 Å². The summed E-state index contributed by atoms with van der Waals surface area (Å²) in [4.78, 5) is 1.36. The predicted molar refractivity (Wildman–Crippen MR) is 75.9 cm³/mol. The van der Waals surface area contributed by atoms with Crippen LogP contribution < -0.4 is 0 Å². The van der Waals surface area contributed by atoms with Gasteiger partial charge in [-0.15, -0.1) is 11.8 Å². The fourth-order valence-corrected chi connectivity index (χ4v) is 4.34. The zero-order chi connectivity index (χ0) is 13.0. The second-order valence-corrected chi connectivity index (χ2v) is 6.66. The van der Waals surface area contributed by atoms with Crippen molar-refractivity contribution >= 4 is 11.8 Å². The maximum Gasteiger partial charge on any atom is 0.0509 e. The summed E-state index contributed by atoms with van der Waals surface area (Å²) in [5, 5.41) is 19.7. The number of rotatable bonds is 6. The molecule has 1 aromatic carbocycles. The highest BCUT2D eigenvalue weighted by molar-refractivity contribution is 8.00. The molecule has 0 fully saturated rings. The van der Waals surface area contributed by atoms with Gasteiger partial charge >= 0.3 is 0 Å². The molecule has 1 unspecified atom stereocenters. The van der Waals surface area contributed by atoms with E-state index in [0.29, 0.717) is 5.25 Å². The van der Waals surface area contributed by atoms with Crippen molar-refractivity contribution in [2.45, 2.75) is 42.8 Å². The molecule has 18 heavy (non-hydrogen) atoms. The fourth-order valence-electron chi connectivity index (χ4n) is 2.82. The molecule has 0 spiro atoms. The Bertz CT molecular complexity index is 363. The monoisotopic (exact) mass is 266 g/mol. The first-order valence-electron chi connectivity index (χ1n) is 6.69. The molecule has 2 nitrogen and oxygen atoms in total. The van der Waals surface area contributed by atoms with Crippen LogP contribution in [0.3, 0.4) is 0 Å². The lowest BCUT2D eigenvalue weighted by molar-refractivity contribution is 0.0390. The first kappa shape index (κ1) is 13.9. The smallest absolute Gasteiger partial charge is 0.0509 e. The molecule has 0 bridgehead atoms. The minimum Gasteiger partial charge on any atom is -0.396 e. The number of hydrogen-bond acceptors (Lipinski definition) is 3. The lowest BCUT2D eigenvalue weighted by atomic mass is 9.80. The van der Waals surface area contributed by atoms with Crippen LogP contribution in [-0.2, 0) is 6.42 Å². The van der Waals surface area contributed by atoms with Crippen molar-refractivity contribution < 1.29 is 10.2 Å². The summed E-state index contributed by atoms with van der Waals surface area (Å²) < 4.78 is 0. The Hall–Kier alpha value is -0.510. The Kier molecular flexibility index (Phi) is 4.71. The van der Waals surface area contributed by atoms with Crippen LogP contribution in [0, 0.1) is 5.41 Å². The Labute approximate surface area is 113 Å². The van der Waals surface area contributed by atoms with E-state index >= 15 is 0 Å². The van der Waals surface area contributed by atoms with Gasteiger partial charge in [-0.3, -0.25) is 0 Å². The standard InChI is InChI=1S/C15H22O2S/c1-2-7-15(10-16,11-17)9-13-8-12-5-3-4-6-14(12)18-13/h3-6,13,16-17H,2,7-11H2,1H3. The van der Waals surface area contributed by atoms with Crippen LogP contribution in [0.25, 0.3) is 0 Å². The van der Waals surface area contributed by atoms with Crippen LogP contribution in [0.5, 0.6) is 0 Å². The summed E-state index contributed by atoms with van der Waals surface area (Å²) in [6.07, 6.45) is 3.86. The van der Waals surface area contributed by atoms with Crippen LogP contribution >= 0.6 is 11.8 Å². The van der Waals surface area contributed by atoms with Crippen molar-refractivity contribution in [1.29, 1.82) is 0 Å². The highest BCUT2D eigenvalue weighted by Gasteiger charge is 2.34. The highest BCUT2D eigenvalue weighted by atomic mass is 32.2. The number of aliphatic hydroxyl groups excluding tert-OH is 2. The molecule has 1 atom stereocenters. The molecule has 0 aliphatic carbocycles. The maximum absolute atomic E-state index is 9.62. The van der Waals surface area contributed by atoms with Gasteiger partial charge < -0.3 is 10.2 Å². The van der Waals surface area contributed by atoms with E-state index in [1.54, 1.807) is 0 Å². The quantitative estimate of drug-likeness (QED) is 0.832. The molecular weight excluding hydrogens is 244 g/mol. The Morgan fingerprint density at radius 3 is 2.61 bits per heavy atom. The Balaban J connectivity index is 2.03. The number of benzene rings is 1. The van der Waals surface area contributed by atoms with E-state index in [1.807, 2.05) is 11.8 Å². The van der Waals surface area contributed by atoms with Gasteiger partial charge in [-0.2, -0.15) is 0 Å². The van der Waals surface area contributed by atoms with Crippen LogP contribution in [0.2, 0.25) is 0 Å². The average molecular weight is 266 g/mol. The van der Waals surface area contributed by atoms with Crippen LogP contribution in [-0.4, -0.2) is 28.7 Å². The molecule has 1 heterocycles. The third-order valence-corrected chi connectivity index (χ3v) is 5.14. The minimum absolute atomic E-state index is 0.0880. The van der Waals surface area contributed by atoms with E-state index in [4.69, 9.17) is 0 Å². The van der Waals surface area contributed by atoms with Crippen molar-refractivity contribution in [1.82, 2.24) is 0 Å². The summed E-state index contributed by atoms with van der Waals surface area (Å²) in [5.41, 5.74) is 1.11. The first-order chi connectivity index (χ1) is 8.73. The molecule has 1 aliphatic heterocycles. The second-order valence-electron chi connectivity index (χ2n) is 5.32. The molecule has 1 aliphatic rings. The summed E-state index contributed by atoms with van der Waals surface area (Å²) >= 11 is 1.90. The first-order valence-corrected chi connectivity index (χ1v) is 7.57. The van der Waals surface area contributed by atoms with Crippen LogP contribution in [0.1, 0.15) is 31.7 Å². The maximum atomic E-state index is 9.62. The Morgan fingerprint density at radius 2 is 2.00 bits per heavy atom. The van der Waals surface area contributed by atoms with Crippen molar-refractivity contribution in [3.05, 3.63) is 29.8 Å². The van der Waals surface area contributed by atoms with Crippen molar-refractivity contribution in [2.75, 3.05) is 13.2 Å². The highest BCUT2D eigenvalue weighted by Crippen LogP contribution is 2.43. The summed E-state index contributed by atoms with van der Waals surface area (Å²) in [6, 6.07) is 8.51. The largest absolute Gasteiger partial charge is 0.396 e. The number of hydrogen-bond donors (Lipinski definition) is 2. The molecule has 2 rings (SSSR count). The van der Waals surface area contributed by atoms with E-state index in [2.05, 4.69) is 31.2 Å². The second kappa shape index (κ2) is 6.09. The van der Waals surface area contributed by atoms with Gasteiger partial charge in [0, 0.05) is 15.6 Å². The van der Waals surface area contributed by atoms with Crippen LogP contribution in [0.15, 0.2) is 29.2 Å². The predicted octanol–water partition coefficient (Wildman–Crippen LogP) is 2.86. The number of fused-ring (bicyclic) bond motifs is 1. The van der Waals surface area contributed by atoms with Crippen molar-refractivity contribution in [2.24, 2.45) is 5.41 Å². The summed E-state index contributed by atoms with van der Waals surface area (Å²) in [7, 11) is 0. The van der Waals surface area contributed by atoms with Crippen molar-refractivity contribution in [3.8, 4) is 0 Å². The Morgan fingerprint density at radius 1 is 1.28 bits per heavy atom. The van der Waals surface area contributed by atoms with E-state index < -0.39 is 0 Å². The van der Waals surface area contributed by atoms with Gasteiger partial charge in [0.1, 0.15) is 0 Å². The lowest BCUT2D eigenvalue weighted by Gasteiger charge is -2.31. The zero-order valence-electron chi connectivity index (χ0n) is 10.9. The van der Waals surface area contributed by atoms with Gasteiger partial charge in [-0.25, -0.2) is 0 Å². The van der Waals surface area contributed by atoms with E-state index in [0.717, 1.165) is 25.7 Å². The lowest BCUT2D eigenvalue weighted by Crippen LogP contribution is -2.33. The van der Waals surface area contributed by atoms with E-state index in [-0.39, 0.29) is 18.6 Å². The van der Waals surface area contributed by atoms with Crippen LogP contribution in [0.4, 0.5) is 0 Å². The molecule has 0 saturated carbocycles. The summed E-state index contributed by atoms with van der Waals surface area (Å²) in [5.74, 6) is 0. The number of thioether (sulfide) groups is 1. The molecule has 2 N–H and O–H groups in total. The molecule has 3 heteroatoms. The average Bonchev–Trinajstić information content (AvgIpc) is 2.80. The topological polar surface area (TPSA) is 40.5 Å². The van der Waals surface area contributed by atoms with Gasteiger partial charge in [0.2, 0.25) is 0 Å². The van der Waals surface area contributed by atoms with Gasteiger partial charge in [-0.1, -0.05) is 31.5 Å². The minimum atomic E-state index is -0.297. The zero-order valence-corrected chi connectivity index (χ0v) is 11.7. The van der Waals surface area contributed by atoms with Gasteiger partial charge in [0.15, 0.2) is 0 Å². The van der Waals surface area contributed by atoms with E-state index in [1.165, 1.54) is 10.5 Å². The SMILES string of the molecule is CCCC(CO)(CO)CC1Cc2ccccc2S1. The number of aliphatic hydroxyl groups is 2.